The van der Waals surface area contributed by atoms with E-state index in [0.717, 1.165) is 23.7 Å². The molecule has 2 N–H and O–H groups in total. The molecule has 0 aliphatic carbocycles. The van der Waals surface area contributed by atoms with Crippen LogP contribution in [-0.2, 0) is 6.54 Å². The van der Waals surface area contributed by atoms with Crippen LogP contribution in [0.25, 0.3) is 0 Å². The van der Waals surface area contributed by atoms with Crippen LogP contribution in [0.15, 0.2) is 41.9 Å². The number of nitrogens with one attached hydrogen (secondary N) is 2. The maximum Gasteiger partial charge on any atom is 0.261 e. The van der Waals surface area contributed by atoms with Crippen LogP contribution >= 0.6 is 28.3 Å². The number of hydrogen-bond acceptors (Lipinski definition) is 4. The molecule has 0 unspecified atom stereocenters. The van der Waals surface area contributed by atoms with Crippen LogP contribution in [0.5, 0.6) is 0 Å². The van der Waals surface area contributed by atoms with Crippen molar-refractivity contribution in [2.75, 3.05) is 13.1 Å². The molecule has 0 bridgehead atoms. The lowest BCUT2D eigenvalue weighted by Gasteiger charge is -2.05. The molecular weight excluding hydrogens is 326 g/mol. The fourth-order valence-corrected chi connectivity index (χ4v) is 2.12. The number of amides is 1. The Bertz CT molecular complexity index is 476. The van der Waals surface area contributed by atoms with Crippen molar-refractivity contribution in [3.8, 4) is 0 Å². The summed E-state index contributed by atoms with van der Waals surface area (Å²) < 4.78 is 0. The van der Waals surface area contributed by atoms with Gasteiger partial charge >= 0.3 is 0 Å². The Morgan fingerprint density at radius 1 is 1.21 bits per heavy atom. The van der Waals surface area contributed by atoms with Gasteiger partial charge in [-0.2, -0.15) is 0 Å². The zero-order valence-corrected chi connectivity index (χ0v) is 12.9. The molecule has 0 radical (unpaired) electrons. The molecule has 0 saturated carbocycles. The Morgan fingerprint density at radius 3 is 2.79 bits per heavy atom. The van der Waals surface area contributed by atoms with E-state index in [1.807, 2.05) is 35.7 Å². The molecule has 6 heteroatoms. The molecular formula is C13H16BrN3OS. The summed E-state index contributed by atoms with van der Waals surface area (Å²) in [5.41, 5.74) is 1.00. The number of nitrogens with zero attached hydrogens (tertiary/aromatic N) is 1. The third kappa shape index (κ3) is 5.50. The number of carbonyl (C=O) groups is 1. The minimum absolute atomic E-state index is 0. The highest BCUT2D eigenvalue weighted by atomic mass is 79.9. The van der Waals surface area contributed by atoms with E-state index in [2.05, 4.69) is 15.6 Å². The Kier molecular flexibility index (Phi) is 7.32. The number of carbonyl (C=O) groups excluding carboxylic acids is 1. The summed E-state index contributed by atoms with van der Waals surface area (Å²) in [6, 6.07) is 9.52. The van der Waals surface area contributed by atoms with Crippen molar-refractivity contribution in [1.82, 2.24) is 15.6 Å². The maximum atomic E-state index is 11.6. The van der Waals surface area contributed by atoms with Crippen LogP contribution in [0.4, 0.5) is 0 Å². The van der Waals surface area contributed by atoms with Crippen LogP contribution in [-0.4, -0.2) is 24.0 Å². The minimum atomic E-state index is -0.00960. The first-order chi connectivity index (χ1) is 8.86. The van der Waals surface area contributed by atoms with Crippen LogP contribution in [0.1, 0.15) is 15.4 Å². The molecule has 0 aliphatic rings. The average molecular weight is 342 g/mol. The van der Waals surface area contributed by atoms with Crippen molar-refractivity contribution in [1.29, 1.82) is 0 Å². The molecule has 1 amide bonds. The molecule has 0 atom stereocenters. The molecule has 102 valence electrons. The van der Waals surface area contributed by atoms with Gasteiger partial charge in [0.1, 0.15) is 0 Å². The third-order valence-corrected chi connectivity index (χ3v) is 3.23. The summed E-state index contributed by atoms with van der Waals surface area (Å²) in [4.78, 5) is 16.6. The zero-order valence-electron chi connectivity index (χ0n) is 10.3. The van der Waals surface area contributed by atoms with Crippen molar-refractivity contribution in [2.45, 2.75) is 6.54 Å². The number of halogens is 1. The van der Waals surface area contributed by atoms with Gasteiger partial charge in [0.05, 0.1) is 10.6 Å². The number of thiophene rings is 1. The second kappa shape index (κ2) is 8.79. The van der Waals surface area contributed by atoms with Crippen molar-refractivity contribution >= 4 is 34.2 Å². The molecule has 0 saturated heterocycles. The van der Waals surface area contributed by atoms with E-state index >= 15 is 0 Å². The molecule has 4 nitrogen and oxygen atoms in total. The van der Waals surface area contributed by atoms with Crippen LogP contribution < -0.4 is 10.6 Å². The van der Waals surface area contributed by atoms with E-state index in [1.54, 1.807) is 6.20 Å². The smallest absolute Gasteiger partial charge is 0.261 e. The van der Waals surface area contributed by atoms with Gasteiger partial charge in [0.25, 0.3) is 5.91 Å². The van der Waals surface area contributed by atoms with Crippen LogP contribution in [0, 0.1) is 0 Å². The highest BCUT2D eigenvalue weighted by Gasteiger charge is 2.04. The first-order valence-electron chi connectivity index (χ1n) is 5.78. The minimum Gasteiger partial charge on any atom is -0.350 e. The van der Waals surface area contributed by atoms with E-state index in [9.17, 15) is 4.79 Å². The van der Waals surface area contributed by atoms with E-state index in [-0.39, 0.29) is 22.9 Å². The SMILES string of the molecule is Br.O=C(NCCNCc1ccccn1)c1cccs1. The van der Waals surface area contributed by atoms with E-state index in [1.165, 1.54) is 11.3 Å². The second-order valence-electron chi connectivity index (χ2n) is 3.73. The van der Waals surface area contributed by atoms with Gasteiger partial charge in [-0.3, -0.25) is 9.78 Å². The first kappa shape index (κ1) is 15.8. The lowest BCUT2D eigenvalue weighted by atomic mass is 10.3. The Balaban J connectivity index is 0.00000180. The van der Waals surface area contributed by atoms with E-state index < -0.39 is 0 Å². The molecule has 2 rings (SSSR count). The Labute approximate surface area is 127 Å². The van der Waals surface area contributed by atoms with Crippen molar-refractivity contribution in [2.24, 2.45) is 0 Å². The van der Waals surface area contributed by atoms with Gasteiger partial charge in [-0.15, -0.1) is 28.3 Å². The number of hydrogen-bond donors (Lipinski definition) is 2. The van der Waals surface area contributed by atoms with Gasteiger partial charge in [-0.05, 0) is 23.6 Å². The lowest BCUT2D eigenvalue weighted by Crippen LogP contribution is -2.31. The molecule has 2 heterocycles. The normalized spacial score (nSPS) is 9.68. The molecule has 2 aromatic rings. The summed E-state index contributed by atoms with van der Waals surface area (Å²) >= 11 is 1.45. The standard InChI is InChI=1S/C13H15N3OS.BrH/c17-13(12-5-3-9-18-12)16-8-7-14-10-11-4-1-2-6-15-11;/h1-6,9,14H,7-8,10H2,(H,16,17);1H. The maximum absolute atomic E-state index is 11.6. The number of aromatic nitrogens is 1. The van der Waals surface area contributed by atoms with Gasteiger partial charge in [-0.25, -0.2) is 0 Å². The molecule has 0 spiro atoms. The summed E-state index contributed by atoms with van der Waals surface area (Å²) in [5, 5.41) is 7.99. The summed E-state index contributed by atoms with van der Waals surface area (Å²) in [6.07, 6.45) is 1.77. The van der Waals surface area contributed by atoms with Gasteiger partial charge in [0.15, 0.2) is 0 Å². The highest BCUT2D eigenvalue weighted by molar-refractivity contribution is 8.93. The number of pyridine rings is 1. The lowest BCUT2D eigenvalue weighted by molar-refractivity contribution is 0.0958. The fourth-order valence-electron chi connectivity index (χ4n) is 1.48. The van der Waals surface area contributed by atoms with Gasteiger partial charge in [-0.1, -0.05) is 12.1 Å². The van der Waals surface area contributed by atoms with Crippen molar-refractivity contribution < 1.29 is 4.79 Å². The molecule has 0 fully saturated rings. The molecule has 0 aliphatic heterocycles. The monoisotopic (exact) mass is 341 g/mol. The van der Waals surface area contributed by atoms with E-state index in [4.69, 9.17) is 0 Å². The van der Waals surface area contributed by atoms with Gasteiger partial charge < -0.3 is 10.6 Å². The number of rotatable bonds is 6. The summed E-state index contributed by atoms with van der Waals surface area (Å²) in [5.74, 6) is -0.00960. The Morgan fingerprint density at radius 2 is 2.11 bits per heavy atom. The molecule has 0 aromatic carbocycles. The third-order valence-electron chi connectivity index (χ3n) is 2.36. The van der Waals surface area contributed by atoms with Gasteiger partial charge in [0, 0.05) is 25.8 Å². The van der Waals surface area contributed by atoms with Crippen molar-refractivity contribution in [3.05, 3.63) is 52.5 Å². The molecule has 2 aromatic heterocycles. The topological polar surface area (TPSA) is 54.0 Å². The summed E-state index contributed by atoms with van der Waals surface area (Å²) in [7, 11) is 0. The van der Waals surface area contributed by atoms with Crippen molar-refractivity contribution in [3.63, 3.8) is 0 Å². The van der Waals surface area contributed by atoms with Crippen LogP contribution in [0.2, 0.25) is 0 Å². The average Bonchev–Trinajstić information content (AvgIpc) is 2.93. The predicted molar refractivity (Wildman–Crippen MR) is 82.9 cm³/mol. The van der Waals surface area contributed by atoms with Crippen LogP contribution in [0.3, 0.4) is 0 Å². The predicted octanol–water partition coefficient (Wildman–Crippen LogP) is 2.24. The quantitative estimate of drug-likeness (QED) is 0.792. The second-order valence-corrected chi connectivity index (χ2v) is 4.68. The highest BCUT2D eigenvalue weighted by Crippen LogP contribution is 2.07. The first-order valence-corrected chi connectivity index (χ1v) is 6.66. The fraction of sp³-hybridized carbons (Fsp3) is 0.231. The Hall–Kier alpha value is -1.24. The zero-order chi connectivity index (χ0) is 12.6. The largest absolute Gasteiger partial charge is 0.350 e. The van der Waals surface area contributed by atoms with Gasteiger partial charge in [0.2, 0.25) is 0 Å². The van der Waals surface area contributed by atoms with E-state index in [0.29, 0.717) is 6.54 Å². The molecule has 19 heavy (non-hydrogen) atoms. The summed E-state index contributed by atoms with van der Waals surface area (Å²) in [6.45, 7) is 2.06.